The summed E-state index contributed by atoms with van der Waals surface area (Å²) in [7, 11) is 1.97. The number of hydrogen-bond donors (Lipinski definition) is 1. The lowest BCUT2D eigenvalue weighted by atomic mass is 9.99. The van der Waals surface area contributed by atoms with Gasteiger partial charge in [0.15, 0.2) is 0 Å². The maximum Gasteiger partial charge on any atom is 0.0701 e. The lowest BCUT2D eigenvalue weighted by molar-refractivity contribution is 0.0441. The normalized spacial score (nSPS) is 12.9. The van der Waals surface area contributed by atoms with Crippen LogP contribution in [0.3, 0.4) is 0 Å². The van der Waals surface area contributed by atoms with Crippen molar-refractivity contribution in [3.05, 3.63) is 35.4 Å². The van der Waals surface area contributed by atoms with Crippen molar-refractivity contribution < 1.29 is 9.47 Å². The predicted molar refractivity (Wildman–Crippen MR) is 79.6 cm³/mol. The molecule has 0 radical (unpaired) electrons. The molecule has 0 spiro atoms. The molecule has 0 aliphatic rings. The molecule has 0 bridgehead atoms. The first kappa shape index (κ1) is 16.2. The van der Waals surface area contributed by atoms with E-state index >= 15 is 0 Å². The maximum absolute atomic E-state index is 5.63. The third-order valence-corrected chi connectivity index (χ3v) is 3.21. The molecular weight excluding hydrogens is 238 g/mol. The van der Waals surface area contributed by atoms with E-state index in [-0.39, 0.29) is 6.04 Å². The molecule has 1 N–H and O–H groups in total. The third-order valence-electron chi connectivity index (χ3n) is 3.21. The second-order valence-corrected chi connectivity index (χ2v) is 4.93. The van der Waals surface area contributed by atoms with Crippen LogP contribution in [0.2, 0.25) is 0 Å². The van der Waals surface area contributed by atoms with Gasteiger partial charge in [0, 0.05) is 6.61 Å². The Kier molecular flexibility index (Phi) is 7.72. The van der Waals surface area contributed by atoms with Crippen LogP contribution in [0.15, 0.2) is 24.3 Å². The SMILES string of the molecule is CCOCCOCC(NC)c1ccc(C(C)C)cc1. The second kappa shape index (κ2) is 9.08. The van der Waals surface area contributed by atoms with E-state index in [1.165, 1.54) is 11.1 Å². The minimum Gasteiger partial charge on any atom is -0.379 e. The summed E-state index contributed by atoms with van der Waals surface area (Å²) in [6.45, 7) is 9.14. The van der Waals surface area contributed by atoms with E-state index in [9.17, 15) is 0 Å². The maximum atomic E-state index is 5.63. The number of nitrogens with one attached hydrogen (secondary N) is 1. The summed E-state index contributed by atoms with van der Waals surface area (Å²) in [6.07, 6.45) is 0. The lowest BCUT2D eigenvalue weighted by Crippen LogP contribution is -2.22. The molecule has 1 unspecified atom stereocenters. The zero-order chi connectivity index (χ0) is 14.1. The molecule has 0 saturated heterocycles. The molecule has 1 aromatic carbocycles. The third kappa shape index (κ3) is 5.72. The molecule has 1 aromatic rings. The summed E-state index contributed by atoms with van der Waals surface area (Å²) in [5, 5.41) is 3.29. The second-order valence-electron chi connectivity index (χ2n) is 4.93. The Hall–Kier alpha value is -0.900. The van der Waals surface area contributed by atoms with Gasteiger partial charge in [-0.1, -0.05) is 38.1 Å². The molecule has 0 saturated carbocycles. The summed E-state index contributed by atoms with van der Waals surface area (Å²) in [5.41, 5.74) is 2.64. The molecule has 0 fully saturated rings. The van der Waals surface area contributed by atoms with Gasteiger partial charge in [-0.3, -0.25) is 0 Å². The van der Waals surface area contributed by atoms with E-state index < -0.39 is 0 Å². The van der Waals surface area contributed by atoms with Gasteiger partial charge in [-0.25, -0.2) is 0 Å². The van der Waals surface area contributed by atoms with Crippen molar-refractivity contribution in [1.29, 1.82) is 0 Å². The molecule has 0 amide bonds. The number of hydrogen-bond acceptors (Lipinski definition) is 3. The summed E-state index contributed by atoms with van der Waals surface area (Å²) in [5.74, 6) is 0.574. The van der Waals surface area contributed by atoms with Crippen molar-refractivity contribution in [3.63, 3.8) is 0 Å². The summed E-state index contributed by atoms with van der Waals surface area (Å²) < 4.78 is 10.9. The summed E-state index contributed by atoms with van der Waals surface area (Å²) in [6, 6.07) is 9.00. The Balaban J connectivity index is 2.45. The monoisotopic (exact) mass is 265 g/mol. The summed E-state index contributed by atoms with van der Waals surface area (Å²) in [4.78, 5) is 0. The smallest absolute Gasteiger partial charge is 0.0701 e. The average Bonchev–Trinajstić information content (AvgIpc) is 2.43. The van der Waals surface area contributed by atoms with E-state index in [1.807, 2.05) is 14.0 Å². The van der Waals surface area contributed by atoms with Crippen molar-refractivity contribution in [3.8, 4) is 0 Å². The van der Waals surface area contributed by atoms with Gasteiger partial charge in [0.2, 0.25) is 0 Å². The van der Waals surface area contributed by atoms with Gasteiger partial charge in [-0.2, -0.15) is 0 Å². The van der Waals surface area contributed by atoms with E-state index in [1.54, 1.807) is 0 Å². The molecular formula is C16H27NO2. The van der Waals surface area contributed by atoms with Crippen LogP contribution < -0.4 is 5.32 Å². The first-order valence-electron chi connectivity index (χ1n) is 7.11. The molecule has 1 atom stereocenters. The molecule has 3 heteroatoms. The first-order chi connectivity index (χ1) is 9.19. The number of benzene rings is 1. The number of ether oxygens (including phenoxy) is 2. The van der Waals surface area contributed by atoms with E-state index in [4.69, 9.17) is 9.47 Å². The predicted octanol–water partition coefficient (Wildman–Crippen LogP) is 3.12. The van der Waals surface area contributed by atoms with Gasteiger partial charge in [0.25, 0.3) is 0 Å². The van der Waals surface area contributed by atoms with Crippen molar-refractivity contribution in [2.24, 2.45) is 0 Å². The average molecular weight is 265 g/mol. The number of rotatable bonds is 9. The van der Waals surface area contributed by atoms with Crippen molar-refractivity contribution in [2.45, 2.75) is 32.7 Å². The molecule has 0 aromatic heterocycles. The fourth-order valence-electron chi connectivity index (χ4n) is 1.92. The zero-order valence-electron chi connectivity index (χ0n) is 12.6. The zero-order valence-corrected chi connectivity index (χ0v) is 12.6. The molecule has 0 heterocycles. The highest BCUT2D eigenvalue weighted by molar-refractivity contribution is 5.26. The Morgan fingerprint density at radius 3 is 2.11 bits per heavy atom. The van der Waals surface area contributed by atoms with E-state index in [0.717, 1.165) is 6.61 Å². The van der Waals surface area contributed by atoms with Crippen LogP contribution in [0.4, 0.5) is 0 Å². The van der Waals surface area contributed by atoms with Crippen molar-refractivity contribution in [2.75, 3.05) is 33.5 Å². The van der Waals surface area contributed by atoms with Crippen LogP contribution >= 0.6 is 0 Å². The van der Waals surface area contributed by atoms with Crippen molar-refractivity contribution in [1.82, 2.24) is 5.32 Å². The quantitative estimate of drug-likeness (QED) is 0.696. The van der Waals surface area contributed by atoms with Crippen LogP contribution in [0.1, 0.15) is 43.9 Å². The van der Waals surface area contributed by atoms with Crippen molar-refractivity contribution >= 4 is 0 Å². The molecule has 19 heavy (non-hydrogen) atoms. The fraction of sp³-hybridized carbons (Fsp3) is 0.625. The molecule has 0 aliphatic heterocycles. The fourth-order valence-corrected chi connectivity index (χ4v) is 1.92. The molecule has 0 aliphatic carbocycles. The number of likely N-dealkylation sites (N-methyl/N-ethyl adjacent to an activating group) is 1. The van der Waals surface area contributed by atoms with Crippen LogP contribution in [0.5, 0.6) is 0 Å². The Bertz CT molecular complexity index is 335. The lowest BCUT2D eigenvalue weighted by Gasteiger charge is -2.17. The highest BCUT2D eigenvalue weighted by atomic mass is 16.5. The Labute approximate surface area is 117 Å². The van der Waals surface area contributed by atoms with E-state index in [0.29, 0.717) is 25.7 Å². The van der Waals surface area contributed by atoms with Crippen LogP contribution in [-0.2, 0) is 9.47 Å². The van der Waals surface area contributed by atoms with Crippen LogP contribution in [0.25, 0.3) is 0 Å². The molecule has 108 valence electrons. The van der Waals surface area contributed by atoms with Gasteiger partial charge in [-0.15, -0.1) is 0 Å². The topological polar surface area (TPSA) is 30.5 Å². The standard InChI is InChI=1S/C16H27NO2/c1-5-18-10-11-19-12-16(17-4)15-8-6-14(7-9-15)13(2)3/h6-9,13,16-17H,5,10-12H2,1-4H3. The van der Waals surface area contributed by atoms with Gasteiger partial charge in [-0.05, 0) is 31.0 Å². The van der Waals surface area contributed by atoms with Crippen LogP contribution in [0, 0.1) is 0 Å². The van der Waals surface area contributed by atoms with Gasteiger partial charge >= 0.3 is 0 Å². The first-order valence-corrected chi connectivity index (χ1v) is 7.11. The largest absolute Gasteiger partial charge is 0.379 e. The van der Waals surface area contributed by atoms with E-state index in [2.05, 4.69) is 43.4 Å². The molecule has 1 rings (SSSR count). The van der Waals surface area contributed by atoms with Gasteiger partial charge in [0.1, 0.15) is 0 Å². The Morgan fingerprint density at radius 1 is 1.00 bits per heavy atom. The highest BCUT2D eigenvalue weighted by Gasteiger charge is 2.09. The van der Waals surface area contributed by atoms with Gasteiger partial charge < -0.3 is 14.8 Å². The van der Waals surface area contributed by atoms with Gasteiger partial charge in [0.05, 0.1) is 25.9 Å². The minimum absolute atomic E-state index is 0.239. The minimum atomic E-state index is 0.239. The highest BCUT2D eigenvalue weighted by Crippen LogP contribution is 2.18. The Morgan fingerprint density at radius 2 is 1.58 bits per heavy atom. The van der Waals surface area contributed by atoms with Crippen LogP contribution in [-0.4, -0.2) is 33.5 Å². The molecule has 3 nitrogen and oxygen atoms in total. The summed E-state index contributed by atoms with van der Waals surface area (Å²) >= 11 is 0.